The Hall–Kier alpha value is 0.760. The zero-order valence-electron chi connectivity index (χ0n) is 7.82. The van der Waals surface area contributed by atoms with Crippen LogP contribution >= 0.6 is 50.5 Å². The first-order valence-electron chi connectivity index (χ1n) is 4.68. The van der Waals surface area contributed by atoms with Crippen molar-refractivity contribution in [2.45, 2.75) is 31.6 Å². The molecular weight excluding hydrogens is 303 g/mol. The quantitative estimate of drug-likeness (QED) is 0.634. The summed E-state index contributed by atoms with van der Waals surface area (Å²) in [6.07, 6.45) is 3.67. The number of thiophene rings is 1. The molecule has 1 aromatic heterocycles. The minimum absolute atomic E-state index is 0.140. The Kier molecular flexibility index (Phi) is 3.19. The normalized spacial score (nSPS) is 20.9. The van der Waals surface area contributed by atoms with E-state index in [1.807, 2.05) is 6.07 Å². The van der Waals surface area contributed by atoms with Gasteiger partial charge in [0.1, 0.15) is 0 Å². The molecule has 0 aliphatic heterocycles. The smallest absolute Gasteiger partial charge is 0.0887 e. The first-order valence-corrected chi connectivity index (χ1v) is 7.10. The van der Waals surface area contributed by atoms with E-state index >= 15 is 0 Å². The summed E-state index contributed by atoms with van der Waals surface area (Å²) in [5.74, 6) is 0. The van der Waals surface area contributed by atoms with Crippen molar-refractivity contribution in [1.82, 2.24) is 0 Å². The predicted molar refractivity (Wildman–Crippen MR) is 67.6 cm³/mol. The van der Waals surface area contributed by atoms with Crippen LogP contribution in [0.1, 0.15) is 36.4 Å². The zero-order valence-corrected chi connectivity index (χ0v) is 11.7. The van der Waals surface area contributed by atoms with Gasteiger partial charge in [-0.3, -0.25) is 0 Å². The fourth-order valence-corrected chi connectivity index (χ4v) is 4.17. The highest BCUT2D eigenvalue weighted by atomic mass is 79.9. The lowest BCUT2D eigenvalue weighted by molar-refractivity contribution is 0.476. The van der Waals surface area contributed by atoms with Crippen LogP contribution in [0.4, 0.5) is 0 Å². The van der Waals surface area contributed by atoms with Gasteiger partial charge in [-0.2, -0.15) is 0 Å². The molecule has 1 aliphatic carbocycles. The molecule has 0 bridgehead atoms. The summed E-state index contributed by atoms with van der Waals surface area (Å²) >= 11 is 17.5. The molecule has 4 heteroatoms. The maximum atomic E-state index is 6.48. The molecule has 1 aliphatic rings. The Morgan fingerprint density at radius 1 is 1.64 bits per heavy atom. The van der Waals surface area contributed by atoms with Crippen molar-refractivity contribution in [3.63, 3.8) is 0 Å². The molecule has 1 aromatic rings. The number of halogens is 3. The van der Waals surface area contributed by atoms with E-state index in [-0.39, 0.29) is 5.38 Å². The first-order chi connectivity index (χ1) is 6.59. The van der Waals surface area contributed by atoms with Crippen LogP contribution in [0, 0.1) is 5.41 Å². The van der Waals surface area contributed by atoms with Crippen molar-refractivity contribution in [3.05, 3.63) is 19.8 Å². The topological polar surface area (TPSA) is 0 Å². The summed E-state index contributed by atoms with van der Waals surface area (Å²) in [6.45, 7) is 2.21. The summed E-state index contributed by atoms with van der Waals surface area (Å²) in [4.78, 5) is 1.20. The van der Waals surface area contributed by atoms with Gasteiger partial charge in [0.15, 0.2) is 0 Å². The molecule has 2 rings (SSSR count). The Balaban J connectivity index is 2.23. The number of hydrogen-bond acceptors (Lipinski definition) is 1. The van der Waals surface area contributed by atoms with Gasteiger partial charge in [0.25, 0.3) is 0 Å². The Morgan fingerprint density at radius 2 is 2.29 bits per heavy atom. The third-order valence-electron chi connectivity index (χ3n) is 3.05. The van der Waals surface area contributed by atoms with E-state index in [2.05, 4.69) is 22.9 Å². The third kappa shape index (κ3) is 1.87. The fourth-order valence-electron chi connectivity index (χ4n) is 1.74. The van der Waals surface area contributed by atoms with E-state index in [9.17, 15) is 0 Å². The minimum Gasteiger partial charge on any atom is -0.130 e. The van der Waals surface area contributed by atoms with Crippen LogP contribution in [0.15, 0.2) is 9.85 Å². The predicted octanol–water partition coefficient (Wildman–Crippen LogP) is 5.63. The lowest BCUT2D eigenvalue weighted by Gasteiger charge is -2.17. The molecule has 1 saturated carbocycles. The molecule has 0 spiro atoms. The van der Waals surface area contributed by atoms with Crippen LogP contribution in [0.5, 0.6) is 0 Å². The Morgan fingerprint density at radius 3 is 2.64 bits per heavy atom. The second-order valence-electron chi connectivity index (χ2n) is 3.85. The molecule has 0 saturated heterocycles. The molecule has 0 nitrogen and oxygen atoms in total. The summed E-state index contributed by atoms with van der Waals surface area (Å²) in [6, 6.07) is 1.99. The van der Waals surface area contributed by atoms with E-state index in [1.54, 1.807) is 11.3 Å². The number of alkyl halides is 1. The maximum Gasteiger partial charge on any atom is 0.0887 e. The third-order valence-corrected chi connectivity index (χ3v) is 6.41. The van der Waals surface area contributed by atoms with Crippen LogP contribution in [-0.2, 0) is 0 Å². The Bertz CT molecular complexity index is 324. The van der Waals surface area contributed by atoms with Crippen molar-refractivity contribution in [2.75, 3.05) is 0 Å². The van der Waals surface area contributed by atoms with E-state index in [4.69, 9.17) is 23.2 Å². The van der Waals surface area contributed by atoms with Gasteiger partial charge in [-0.05, 0) is 46.7 Å². The molecule has 78 valence electrons. The SMILES string of the molecule is CCC1(C(Cl)c2cc(Cl)c(Br)s2)CC1. The van der Waals surface area contributed by atoms with E-state index in [1.165, 1.54) is 17.7 Å². The summed E-state index contributed by atoms with van der Waals surface area (Å²) in [7, 11) is 0. The summed E-state index contributed by atoms with van der Waals surface area (Å²) in [5.41, 5.74) is 0.356. The van der Waals surface area contributed by atoms with Crippen LogP contribution in [0.25, 0.3) is 0 Å². The van der Waals surface area contributed by atoms with Crippen molar-refractivity contribution >= 4 is 50.5 Å². The molecule has 1 unspecified atom stereocenters. The van der Waals surface area contributed by atoms with E-state index in [0.717, 1.165) is 15.2 Å². The Labute approximate surface area is 107 Å². The van der Waals surface area contributed by atoms with Crippen LogP contribution in [0.2, 0.25) is 5.02 Å². The molecule has 1 fully saturated rings. The highest BCUT2D eigenvalue weighted by Gasteiger charge is 2.48. The van der Waals surface area contributed by atoms with Crippen molar-refractivity contribution in [2.24, 2.45) is 5.41 Å². The van der Waals surface area contributed by atoms with Gasteiger partial charge >= 0.3 is 0 Å². The summed E-state index contributed by atoms with van der Waals surface area (Å²) < 4.78 is 0.992. The van der Waals surface area contributed by atoms with Crippen molar-refractivity contribution in [3.8, 4) is 0 Å². The average Bonchev–Trinajstić information content (AvgIpc) is 2.90. The van der Waals surface area contributed by atoms with Gasteiger partial charge < -0.3 is 0 Å². The average molecular weight is 314 g/mol. The fraction of sp³-hybridized carbons (Fsp3) is 0.600. The molecule has 0 amide bonds. The van der Waals surface area contributed by atoms with Gasteiger partial charge in [-0.25, -0.2) is 0 Å². The van der Waals surface area contributed by atoms with Crippen molar-refractivity contribution in [1.29, 1.82) is 0 Å². The van der Waals surface area contributed by atoms with Crippen molar-refractivity contribution < 1.29 is 0 Å². The first kappa shape index (κ1) is 11.3. The largest absolute Gasteiger partial charge is 0.130 e. The standard InChI is InChI=1S/C10H11BrCl2S/c1-2-10(3-4-10)8(13)7-5-6(12)9(11)14-7/h5,8H,2-4H2,1H3. The highest BCUT2D eigenvalue weighted by molar-refractivity contribution is 9.11. The second-order valence-corrected chi connectivity index (χ2v) is 7.09. The molecule has 0 aromatic carbocycles. The lowest BCUT2D eigenvalue weighted by Crippen LogP contribution is -2.05. The minimum atomic E-state index is 0.140. The number of hydrogen-bond donors (Lipinski definition) is 0. The monoisotopic (exact) mass is 312 g/mol. The number of rotatable bonds is 3. The van der Waals surface area contributed by atoms with Gasteiger partial charge in [0.05, 0.1) is 14.2 Å². The highest BCUT2D eigenvalue weighted by Crippen LogP contribution is 2.61. The molecule has 14 heavy (non-hydrogen) atoms. The zero-order chi connectivity index (χ0) is 10.3. The molecule has 0 radical (unpaired) electrons. The van der Waals surface area contributed by atoms with Crippen LogP contribution in [-0.4, -0.2) is 0 Å². The van der Waals surface area contributed by atoms with Gasteiger partial charge in [0.2, 0.25) is 0 Å². The lowest BCUT2D eigenvalue weighted by atomic mass is 9.98. The molecule has 1 atom stereocenters. The van der Waals surface area contributed by atoms with Gasteiger partial charge in [-0.1, -0.05) is 18.5 Å². The van der Waals surface area contributed by atoms with E-state index < -0.39 is 0 Å². The van der Waals surface area contributed by atoms with Crippen LogP contribution in [0.3, 0.4) is 0 Å². The van der Waals surface area contributed by atoms with Gasteiger partial charge in [-0.15, -0.1) is 22.9 Å². The summed E-state index contributed by atoms with van der Waals surface area (Å²) in [5, 5.41) is 0.920. The second kappa shape index (κ2) is 3.97. The molecular formula is C10H11BrCl2S. The van der Waals surface area contributed by atoms with E-state index in [0.29, 0.717) is 5.41 Å². The maximum absolute atomic E-state index is 6.48. The molecule has 0 N–H and O–H groups in total. The van der Waals surface area contributed by atoms with Gasteiger partial charge in [0, 0.05) is 4.88 Å². The van der Waals surface area contributed by atoms with Crippen LogP contribution < -0.4 is 0 Å². The molecule has 1 heterocycles.